The lowest BCUT2D eigenvalue weighted by Gasteiger charge is -2.29. The smallest absolute Gasteiger partial charge is 0.236 e. The molecule has 0 aromatic rings. The van der Waals surface area contributed by atoms with Gasteiger partial charge in [-0.1, -0.05) is 19.3 Å². The lowest BCUT2D eigenvalue weighted by Crippen LogP contribution is -2.44. The van der Waals surface area contributed by atoms with Crippen molar-refractivity contribution in [2.75, 3.05) is 6.61 Å². The Balaban J connectivity index is 1.84. The van der Waals surface area contributed by atoms with Gasteiger partial charge in [0.15, 0.2) is 0 Å². The van der Waals surface area contributed by atoms with Crippen molar-refractivity contribution < 1.29 is 14.7 Å². The minimum atomic E-state index is -0.361. The summed E-state index contributed by atoms with van der Waals surface area (Å²) < 4.78 is 0. The van der Waals surface area contributed by atoms with Crippen LogP contribution in [0.2, 0.25) is 0 Å². The Morgan fingerprint density at radius 3 is 2.56 bits per heavy atom. The zero-order valence-corrected chi connectivity index (χ0v) is 10.7. The Bertz CT molecular complexity index is 373. The van der Waals surface area contributed by atoms with Crippen LogP contribution in [0.15, 0.2) is 0 Å². The summed E-state index contributed by atoms with van der Waals surface area (Å²) in [7, 11) is 0. The predicted molar refractivity (Wildman–Crippen MR) is 65.6 cm³/mol. The maximum atomic E-state index is 12.6. The maximum absolute atomic E-state index is 12.6. The number of hydrogen-bond donors (Lipinski definition) is 1. The van der Waals surface area contributed by atoms with E-state index in [9.17, 15) is 14.7 Å². The fourth-order valence-corrected chi connectivity index (χ4v) is 4.17. The first kappa shape index (κ1) is 12.2. The largest absolute Gasteiger partial charge is 0.396 e. The second kappa shape index (κ2) is 4.34. The number of aliphatic hydroxyl groups excluding tert-OH is 1. The van der Waals surface area contributed by atoms with Gasteiger partial charge in [-0.2, -0.15) is 0 Å². The summed E-state index contributed by atoms with van der Waals surface area (Å²) >= 11 is 0. The van der Waals surface area contributed by atoms with Crippen LogP contribution in [0.3, 0.4) is 0 Å². The van der Waals surface area contributed by atoms with Crippen LogP contribution in [0, 0.1) is 11.3 Å². The van der Waals surface area contributed by atoms with Crippen molar-refractivity contribution in [1.82, 2.24) is 4.90 Å². The third-order valence-electron chi connectivity index (χ3n) is 5.18. The van der Waals surface area contributed by atoms with E-state index in [-0.39, 0.29) is 35.8 Å². The summed E-state index contributed by atoms with van der Waals surface area (Å²) in [5.41, 5.74) is -0.361. The van der Waals surface area contributed by atoms with E-state index in [0.717, 1.165) is 44.9 Å². The van der Waals surface area contributed by atoms with Crippen LogP contribution in [0.25, 0.3) is 0 Å². The molecule has 100 valence electrons. The van der Waals surface area contributed by atoms with Gasteiger partial charge in [0.05, 0.1) is 5.41 Å². The van der Waals surface area contributed by atoms with Gasteiger partial charge in [-0.25, -0.2) is 0 Å². The average Bonchev–Trinajstić information content (AvgIpc) is 3.02. The normalized spacial score (nSPS) is 35.1. The molecular formula is C14H21NO3. The number of amides is 2. The Hall–Kier alpha value is -0.900. The number of likely N-dealkylation sites (tertiary alicyclic amines) is 1. The molecule has 2 unspecified atom stereocenters. The Morgan fingerprint density at radius 1 is 1.17 bits per heavy atom. The van der Waals surface area contributed by atoms with Crippen LogP contribution in [-0.2, 0) is 9.59 Å². The average molecular weight is 251 g/mol. The molecule has 3 aliphatic rings. The van der Waals surface area contributed by atoms with Gasteiger partial charge in [-0.05, 0) is 25.7 Å². The monoisotopic (exact) mass is 251 g/mol. The topological polar surface area (TPSA) is 57.6 Å². The van der Waals surface area contributed by atoms with E-state index in [4.69, 9.17) is 0 Å². The molecule has 2 aliphatic carbocycles. The van der Waals surface area contributed by atoms with Crippen molar-refractivity contribution in [3.8, 4) is 0 Å². The molecule has 1 saturated heterocycles. The molecule has 0 bridgehead atoms. The van der Waals surface area contributed by atoms with Gasteiger partial charge in [0, 0.05) is 25.0 Å². The molecule has 4 heteroatoms. The third-order valence-corrected chi connectivity index (χ3v) is 5.18. The number of rotatable bonds is 2. The molecule has 3 rings (SSSR count). The van der Waals surface area contributed by atoms with Gasteiger partial charge in [0.25, 0.3) is 0 Å². The van der Waals surface area contributed by atoms with Crippen LogP contribution >= 0.6 is 0 Å². The van der Waals surface area contributed by atoms with E-state index < -0.39 is 0 Å². The summed E-state index contributed by atoms with van der Waals surface area (Å²) in [5.74, 6) is 0.178. The first-order valence-corrected chi connectivity index (χ1v) is 7.15. The fourth-order valence-electron chi connectivity index (χ4n) is 4.17. The molecular weight excluding hydrogens is 230 g/mol. The summed E-state index contributed by atoms with van der Waals surface area (Å²) in [6, 6.07) is -0.0324. The summed E-state index contributed by atoms with van der Waals surface area (Å²) in [6.45, 7) is 0.0920. The Kier molecular flexibility index (Phi) is 2.93. The van der Waals surface area contributed by atoms with Crippen LogP contribution in [0.4, 0.5) is 0 Å². The molecule has 1 N–H and O–H groups in total. The summed E-state index contributed by atoms with van der Waals surface area (Å²) in [5, 5.41) is 9.38. The SMILES string of the molecule is O=C1CC2(CCCC2)C(=O)N1C1CCCC1CO. The number of aliphatic hydroxyl groups is 1. The highest BCUT2D eigenvalue weighted by atomic mass is 16.3. The molecule has 2 saturated carbocycles. The molecule has 1 spiro atoms. The molecule has 2 atom stereocenters. The van der Waals surface area contributed by atoms with Crippen molar-refractivity contribution in [2.45, 2.75) is 57.4 Å². The Labute approximate surface area is 107 Å². The van der Waals surface area contributed by atoms with Gasteiger partial charge >= 0.3 is 0 Å². The van der Waals surface area contributed by atoms with Crippen molar-refractivity contribution in [2.24, 2.45) is 11.3 Å². The maximum Gasteiger partial charge on any atom is 0.236 e. The molecule has 0 aromatic heterocycles. The molecule has 0 aromatic carbocycles. The predicted octanol–water partition coefficient (Wildman–Crippen LogP) is 1.47. The zero-order valence-electron chi connectivity index (χ0n) is 10.7. The second-order valence-electron chi connectivity index (χ2n) is 6.17. The standard InChI is InChI=1S/C14H21NO3/c16-9-10-4-3-5-11(10)15-12(17)8-14(13(15)18)6-1-2-7-14/h10-11,16H,1-9H2. The highest BCUT2D eigenvalue weighted by Gasteiger charge is 2.55. The fraction of sp³-hybridized carbons (Fsp3) is 0.857. The van der Waals surface area contributed by atoms with Gasteiger partial charge in [-0.15, -0.1) is 0 Å². The number of carbonyl (C=O) groups excluding carboxylic acids is 2. The number of nitrogens with zero attached hydrogens (tertiary/aromatic N) is 1. The summed E-state index contributed by atoms with van der Waals surface area (Å²) in [4.78, 5) is 26.4. The van der Waals surface area contributed by atoms with Gasteiger partial charge in [0.1, 0.15) is 0 Å². The van der Waals surface area contributed by atoms with Crippen LogP contribution in [0.1, 0.15) is 51.4 Å². The molecule has 1 aliphatic heterocycles. The van der Waals surface area contributed by atoms with E-state index in [0.29, 0.717) is 6.42 Å². The summed E-state index contributed by atoms with van der Waals surface area (Å²) in [6.07, 6.45) is 7.14. The number of carbonyl (C=O) groups is 2. The first-order chi connectivity index (χ1) is 8.68. The lowest BCUT2D eigenvalue weighted by atomic mass is 9.84. The molecule has 3 fully saturated rings. The van der Waals surface area contributed by atoms with Crippen LogP contribution in [-0.4, -0.2) is 34.5 Å². The second-order valence-corrected chi connectivity index (χ2v) is 6.17. The van der Waals surface area contributed by atoms with Crippen molar-refractivity contribution in [3.63, 3.8) is 0 Å². The first-order valence-electron chi connectivity index (χ1n) is 7.15. The Morgan fingerprint density at radius 2 is 1.89 bits per heavy atom. The molecule has 2 amide bonds. The minimum absolute atomic E-state index is 0.00671. The van der Waals surface area contributed by atoms with Crippen molar-refractivity contribution in [1.29, 1.82) is 0 Å². The third kappa shape index (κ3) is 1.62. The van der Waals surface area contributed by atoms with Crippen LogP contribution in [0.5, 0.6) is 0 Å². The van der Waals surface area contributed by atoms with Crippen LogP contribution < -0.4 is 0 Å². The van der Waals surface area contributed by atoms with E-state index in [2.05, 4.69) is 0 Å². The van der Waals surface area contributed by atoms with Crippen molar-refractivity contribution in [3.05, 3.63) is 0 Å². The highest BCUT2D eigenvalue weighted by Crippen LogP contribution is 2.49. The zero-order chi connectivity index (χ0) is 12.8. The molecule has 4 nitrogen and oxygen atoms in total. The van der Waals surface area contributed by atoms with E-state index in [1.54, 1.807) is 0 Å². The number of imide groups is 1. The minimum Gasteiger partial charge on any atom is -0.396 e. The van der Waals surface area contributed by atoms with E-state index in [1.807, 2.05) is 0 Å². The lowest BCUT2D eigenvalue weighted by molar-refractivity contribution is -0.145. The molecule has 0 radical (unpaired) electrons. The van der Waals surface area contributed by atoms with Gasteiger partial charge in [-0.3, -0.25) is 14.5 Å². The van der Waals surface area contributed by atoms with Crippen molar-refractivity contribution >= 4 is 11.8 Å². The van der Waals surface area contributed by atoms with Gasteiger partial charge < -0.3 is 5.11 Å². The van der Waals surface area contributed by atoms with Gasteiger partial charge in [0.2, 0.25) is 11.8 Å². The number of hydrogen-bond acceptors (Lipinski definition) is 3. The highest BCUT2D eigenvalue weighted by molar-refractivity contribution is 6.06. The molecule has 18 heavy (non-hydrogen) atoms. The molecule has 1 heterocycles. The van der Waals surface area contributed by atoms with E-state index >= 15 is 0 Å². The van der Waals surface area contributed by atoms with E-state index in [1.165, 1.54) is 4.90 Å². The quantitative estimate of drug-likeness (QED) is 0.756.